The lowest BCUT2D eigenvalue weighted by atomic mass is 9.98. The highest BCUT2D eigenvalue weighted by atomic mass is 32.1. The van der Waals surface area contributed by atoms with Crippen LogP contribution < -0.4 is 18.9 Å². The molecule has 7 nitrogen and oxygen atoms in total. The first-order valence-electron chi connectivity index (χ1n) is 12.4. The molecule has 2 aromatic carbocycles. The Balaban J connectivity index is 1.25. The molecule has 3 aromatic rings. The van der Waals surface area contributed by atoms with E-state index < -0.39 is 0 Å². The lowest BCUT2D eigenvalue weighted by Gasteiger charge is -2.13. The number of carbonyl (C=O) groups excluding carboxylic acids is 1. The highest BCUT2D eigenvalue weighted by Gasteiger charge is 2.25. The number of aromatic nitrogens is 1. The third-order valence-corrected chi connectivity index (χ3v) is 6.91. The van der Waals surface area contributed by atoms with E-state index in [1.54, 1.807) is 7.11 Å². The summed E-state index contributed by atoms with van der Waals surface area (Å²) in [7, 11) is 1.63. The minimum Gasteiger partial charge on any atom is -0.493 e. The number of methoxy groups -OCH3 is 1. The Labute approximate surface area is 216 Å². The van der Waals surface area contributed by atoms with Gasteiger partial charge in [0.25, 0.3) is 0 Å². The van der Waals surface area contributed by atoms with Gasteiger partial charge in [-0.1, -0.05) is 6.07 Å². The Hall–Kier alpha value is -3.26. The number of nitrogens with zero attached hydrogens (tertiary/aromatic N) is 1. The Kier molecular flexibility index (Phi) is 9.06. The summed E-state index contributed by atoms with van der Waals surface area (Å²) in [6.45, 7) is 5.85. The molecule has 4 rings (SSSR count). The van der Waals surface area contributed by atoms with Crippen LogP contribution in [-0.2, 0) is 16.0 Å². The normalized spacial score (nSPS) is 14.2. The van der Waals surface area contributed by atoms with Gasteiger partial charge < -0.3 is 23.7 Å². The Bertz CT molecular complexity index is 1160. The Morgan fingerprint density at radius 2 is 1.89 bits per heavy atom. The fourth-order valence-electron chi connectivity index (χ4n) is 4.36. The van der Waals surface area contributed by atoms with Gasteiger partial charge in [0.1, 0.15) is 10.8 Å². The summed E-state index contributed by atoms with van der Waals surface area (Å²) >= 11 is 1.53. The molecule has 1 aliphatic carbocycles. The number of carbonyl (C=O) groups is 1. The smallest absolute Gasteiger partial charge is 0.306 e. The van der Waals surface area contributed by atoms with Gasteiger partial charge in [-0.25, -0.2) is 4.98 Å². The van der Waals surface area contributed by atoms with Gasteiger partial charge in [0.15, 0.2) is 11.5 Å². The van der Waals surface area contributed by atoms with Gasteiger partial charge in [-0.05, 0) is 74.1 Å². The van der Waals surface area contributed by atoms with Crippen LogP contribution in [0.4, 0.5) is 0 Å². The molecular weight excluding hydrogens is 478 g/mol. The Morgan fingerprint density at radius 3 is 2.69 bits per heavy atom. The topological polar surface area (TPSA) is 76.1 Å². The molecule has 0 radical (unpaired) electrons. The molecule has 1 atom stereocenters. The van der Waals surface area contributed by atoms with Gasteiger partial charge in [0.2, 0.25) is 5.88 Å². The number of hydrogen-bond donors (Lipinski definition) is 0. The summed E-state index contributed by atoms with van der Waals surface area (Å²) < 4.78 is 28.0. The van der Waals surface area contributed by atoms with Crippen molar-refractivity contribution in [1.29, 1.82) is 0 Å². The summed E-state index contributed by atoms with van der Waals surface area (Å²) in [5, 5.41) is 2.77. The minimum atomic E-state index is -0.124. The van der Waals surface area contributed by atoms with Crippen LogP contribution in [0.1, 0.15) is 50.2 Å². The lowest BCUT2D eigenvalue weighted by Crippen LogP contribution is -2.08. The molecule has 0 spiro atoms. The summed E-state index contributed by atoms with van der Waals surface area (Å²) in [5.41, 5.74) is 3.46. The zero-order valence-electron chi connectivity index (χ0n) is 21.1. The van der Waals surface area contributed by atoms with Crippen molar-refractivity contribution in [2.75, 3.05) is 33.5 Å². The van der Waals surface area contributed by atoms with Crippen LogP contribution in [0.2, 0.25) is 0 Å². The predicted molar refractivity (Wildman–Crippen MR) is 140 cm³/mol. The molecule has 1 aromatic heterocycles. The highest BCUT2D eigenvalue weighted by Crippen LogP contribution is 2.38. The van der Waals surface area contributed by atoms with Crippen molar-refractivity contribution in [2.24, 2.45) is 0 Å². The third kappa shape index (κ3) is 6.49. The summed E-state index contributed by atoms with van der Waals surface area (Å²) in [6, 6.07) is 12.0. The fraction of sp³-hybridized carbons (Fsp3) is 0.429. The monoisotopic (exact) mass is 511 g/mol. The van der Waals surface area contributed by atoms with E-state index in [0.29, 0.717) is 50.2 Å². The summed E-state index contributed by atoms with van der Waals surface area (Å²) in [4.78, 5) is 16.4. The summed E-state index contributed by atoms with van der Waals surface area (Å²) in [5.74, 6) is 2.95. The van der Waals surface area contributed by atoms with E-state index in [0.717, 1.165) is 35.6 Å². The maximum Gasteiger partial charge on any atom is 0.306 e. The number of esters is 1. The van der Waals surface area contributed by atoms with Crippen LogP contribution in [-0.4, -0.2) is 44.5 Å². The number of ether oxygens (including phenoxy) is 5. The number of thiazole rings is 1. The van der Waals surface area contributed by atoms with Crippen LogP contribution in [0.25, 0.3) is 10.6 Å². The molecule has 1 heterocycles. The number of benzene rings is 2. The molecule has 0 bridgehead atoms. The molecule has 0 amide bonds. The standard InChI is InChI=1S/C28H33NO6S/c1-4-32-26-18-36-28(29-26)21-9-12-24(25(16-21)31-3)35-14-6-13-34-22-10-11-23-19(15-22)7-8-20(23)17-27(30)33-5-2/h9-12,15-16,18,20H,4-8,13-14,17H2,1-3H3/t20-/m0/s1. The average Bonchev–Trinajstić information content (AvgIpc) is 3.51. The number of fused-ring (bicyclic) bond motifs is 1. The molecule has 8 heteroatoms. The van der Waals surface area contributed by atoms with E-state index in [9.17, 15) is 4.79 Å². The van der Waals surface area contributed by atoms with Crippen molar-refractivity contribution in [3.8, 4) is 33.7 Å². The Morgan fingerprint density at radius 1 is 1.03 bits per heavy atom. The van der Waals surface area contributed by atoms with Crippen molar-refractivity contribution < 1.29 is 28.5 Å². The quantitative estimate of drug-likeness (QED) is 0.204. The number of hydrogen-bond acceptors (Lipinski definition) is 8. The SMILES string of the molecule is CCOC(=O)C[C@@H]1CCc2cc(OCCCOc3ccc(-c4nc(OCC)cs4)cc3OC)ccc21. The van der Waals surface area contributed by atoms with Crippen molar-refractivity contribution in [2.45, 2.75) is 45.4 Å². The van der Waals surface area contributed by atoms with Crippen molar-refractivity contribution in [1.82, 2.24) is 4.98 Å². The minimum absolute atomic E-state index is 0.124. The van der Waals surface area contributed by atoms with Gasteiger partial charge in [-0.3, -0.25) is 4.79 Å². The van der Waals surface area contributed by atoms with Crippen LogP contribution in [0.15, 0.2) is 41.8 Å². The summed E-state index contributed by atoms with van der Waals surface area (Å²) in [6.07, 6.45) is 3.12. The zero-order valence-corrected chi connectivity index (χ0v) is 21.9. The average molecular weight is 512 g/mol. The third-order valence-electron chi connectivity index (χ3n) is 6.04. The lowest BCUT2D eigenvalue weighted by molar-refractivity contribution is -0.143. The second kappa shape index (κ2) is 12.6. The van der Waals surface area contributed by atoms with Crippen LogP contribution in [0, 0.1) is 0 Å². The molecule has 1 aliphatic rings. The molecule has 192 valence electrons. The van der Waals surface area contributed by atoms with Gasteiger partial charge >= 0.3 is 5.97 Å². The van der Waals surface area contributed by atoms with Gasteiger partial charge in [-0.15, -0.1) is 11.3 Å². The predicted octanol–water partition coefficient (Wildman–Crippen LogP) is 6.05. The second-order valence-electron chi connectivity index (χ2n) is 8.45. The highest BCUT2D eigenvalue weighted by molar-refractivity contribution is 7.13. The van der Waals surface area contributed by atoms with Crippen LogP contribution in [0.3, 0.4) is 0 Å². The van der Waals surface area contributed by atoms with E-state index in [2.05, 4.69) is 17.1 Å². The molecule has 0 saturated heterocycles. The first-order valence-corrected chi connectivity index (χ1v) is 13.3. The zero-order chi connectivity index (χ0) is 25.3. The van der Waals surface area contributed by atoms with Gasteiger partial charge in [0, 0.05) is 12.0 Å². The molecule has 0 fully saturated rings. The van der Waals surface area contributed by atoms with E-state index in [-0.39, 0.29) is 11.9 Å². The van der Waals surface area contributed by atoms with Crippen molar-refractivity contribution in [3.05, 3.63) is 52.9 Å². The first-order chi connectivity index (χ1) is 17.6. The van der Waals surface area contributed by atoms with E-state index in [4.69, 9.17) is 23.7 Å². The van der Waals surface area contributed by atoms with Crippen LogP contribution >= 0.6 is 11.3 Å². The van der Waals surface area contributed by atoms with E-state index in [1.165, 1.54) is 22.5 Å². The van der Waals surface area contributed by atoms with Gasteiger partial charge in [0.05, 0.1) is 45.3 Å². The molecule has 0 unspecified atom stereocenters. The number of aryl methyl sites for hydroxylation is 1. The molecule has 0 N–H and O–H groups in total. The molecule has 36 heavy (non-hydrogen) atoms. The van der Waals surface area contributed by atoms with Crippen molar-refractivity contribution in [3.63, 3.8) is 0 Å². The second-order valence-corrected chi connectivity index (χ2v) is 9.30. The fourth-order valence-corrected chi connectivity index (χ4v) is 5.10. The maximum atomic E-state index is 11.9. The molecular formula is C28H33NO6S. The first kappa shape index (κ1) is 25.8. The molecule has 0 aliphatic heterocycles. The van der Waals surface area contributed by atoms with Gasteiger partial charge in [-0.2, -0.15) is 0 Å². The largest absolute Gasteiger partial charge is 0.493 e. The maximum absolute atomic E-state index is 11.9. The number of rotatable bonds is 13. The van der Waals surface area contributed by atoms with E-state index >= 15 is 0 Å². The van der Waals surface area contributed by atoms with Crippen LogP contribution in [0.5, 0.6) is 23.1 Å². The van der Waals surface area contributed by atoms with E-state index in [1.807, 2.05) is 43.5 Å². The molecule has 0 saturated carbocycles. The van der Waals surface area contributed by atoms with Crippen molar-refractivity contribution >= 4 is 17.3 Å².